The molecule has 0 aliphatic carbocycles. The Kier molecular flexibility index (Phi) is 9.06. The molecule has 0 saturated heterocycles. The summed E-state index contributed by atoms with van der Waals surface area (Å²) < 4.78 is 0. The third-order valence-electron chi connectivity index (χ3n) is 6.34. The molecule has 5 aromatic rings. The number of nitrogens with zero attached hydrogens (tertiary/aromatic N) is 1. The summed E-state index contributed by atoms with van der Waals surface area (Å²) in [5.74, 6) is -0.984. The molecule has 3 amide bonds. The molecule has 1 atom stereocenters. The van der Waals surface area contributed by atoms with Crippen molar-refractivity contribution in [3.05, 3.63) is 138 Å². The van der Waals surface area contributed by atoms with Gasteiger partial charge >= 0.3 is 0 Å². The van der Waals surface area contributed by atoms with Crippen LogP contribution in [-0.4, -0.2) is 28.0 Å². The van der Waals surface area contributed by atoms with Crippen molar-refractivity contribution in [2.75, 3.05) is 10.6 Å². The first-order valence-electron chi connectivity index (χ1n) is 13.3. The van der Waals surface area contributed by atoms with Gasteiger partial charge in [-0.1, -0.05) is 54.6 Å². The molecule has 0 aliphatic heterocycles. The number of thioether (sulfide) groups is 1. The zero-order chi connectivity index (χ0) is 29.3. The van der Waals surface area contributed by atoms with E-state index in [9.17, 15) is 14.4 Å². The number of benzene rings is 4. The van der Waals surface area contributed by atoms with Crippen molar-refractivity contribution >= 4 is 57.7 Å². The summed E-state index contributed by atoms with van der Waals surface area (Å²) in [6.45, 7) is 1.85. The highest BCUT2D eigenvalue weighted by Gasteiger charge is 2.17. The monoisotopic (exact) mass is 572 g/mol. The van der Waals surface area contributed by atoms with Gasteiger partial charge < -0.3 is 16.0 Å². The number of pyridine rings is 1. The Morgan fingerprint density at radius 3 is 2.21 bits per heavy atom. The van der Waals surface area contributed by atoms with Crippen LogP contribution in [0.15, 0.2) is 132 Å². The van der Waals surface area contributed by atoms with Crippen LogP contribution >= 0.6 is 11.8 Å². The largest absolute Gasteiger partial charge is 0.325 e. The number of fused-ring (bicyclic) bond motifs is 1. The van der Waals surface area contributed by atoms with Gasteiger partial charge in [-0.05, 0) is 83.9 Å². The molecule has 42 heavy (non-hydrogen) atoms. The molecule has 3 N–H and O–H groups in total. The van der Waals surface area contributed by atoms with Gasteiger partial charge in [0.05, 0.1) is 5.25 Å². The third-order valence-corrected chi connectivity index (χ3v) is 7.45. The maximum atomic E-state index is 13.2. The second kappa shape index (κ2) is 13.4. The first-order valence-corrected chi connectivity index (χ1v) is 14.2. The molecule has 0 aliphatic rings. The van der Waals surface area contributed by atoms with Crippen LogP contribution in [0.4, 0.5) is 11.4 Å². The van der Waals surface area contributed by atoms with Gasteiger partial charge in [-0.2, -0.15) is 0 Å². The first-order chi connectivity index (χ1) is 20.4. The molecule has 1 unspecified atom stereocenters. The first kappa shape index (κ1) is 28.3. The zero-order valence-electron chi connectivity index (χ0n) is 22.8. The minimum Gasteiger partial charge on any atom is -0.325 e. The number of hydrogen-bond donors (Lipinski definition) is 3. The Bertz CT molecular complexity index is 1740. The Morgan fingerprint density at radius 1 is 0.762 bits per heavy atom. The van der Waals surface area contributed by atoms with E-state index in [1.807, 2.05) is 67.6 Å². The summed E-state index contributed by atoms with van der Waals surface area (Å²) in [5, 5.41) is 10.4. The van der Waals surface area contributed by atoms with Gasteiger partial charge in [-0.15, -0.1) is 11.8 Å². The van der Waals surface area contributed by atoms with E-state index >= 15 is 0 Å². The topological polar surface area (TPSA) is 100 Å². The maximum absolute atomic E-state index is 13.2. The number of carbonyl (C=O) groups excluding carboxylic acids is 3. The molecule has 1 aromatic heterocycles. The lowest BCUT2D eigenvalue weighted by atomic mass is 10.1. The molecule has 5 rings (SSSR count). The number of amides is 3. The highest BCUT2D eigenvalue weighted by atomic mass is 32.2. The molecule has 8 heteroatoms. The fraction of sp³-hybridized carbons (Fsp3) is 0.0588. The lowest BCUT2D eigenvalue weighted by Crippen LogP contribution is -2.30. The van der Waals surface area contributed by atoms with Crippen LogP contribution in [0, 0.1) is 0 Å². The number of rotatable bonds is 9. The van der Waals surface area contributed by atoms with E-state index in [0.717, 1.165) is 21.4 Å². The molecule has 1 heterocycles. The Balaban J connectivity index is 1.22. The van der Waals surface area contributed by atoms with Crippen molar-refractivity contribution in [3.8, 4) is 0 Å². The van der Waals surface area contributed by atoms with Crippen molar-refractivity contribution in [1.29, 1.82) is 0 Å². The van der Waals surface area contributed by atoms with Gasteiger partial charge in [0.25, 0.3) is 11.8 Å². The predicted octanol–water partition coefficient (Wildman–Crippen LogP) is 6.76. The molecule has 0 fully saturated rings. The minimum absolute atomic E-state index is 0.0780. The Labute approximate surface area is 248 Å². The van der Waals surface area contributed by atoms with Crippen LogP contribution in [0.25, 0.3) is 16.8 Å². The fourth-order valence-corrected chi connectivity index (χ4v) is 5.02. The Hall–Kier alpha value is -5.21. The average Bonchev–Trinajstić information content (AvgIpc) is 3.02. The van der Waals surface area contributed by atoms with E-state index in [-0.39, 0.29) is 16.9 Å². The van der Waals surface area contributed by atoms with Crippen molar-refractivity contribution in [2.45, 2.75) is 17.1 Å². The second-order valence-electron chi connectivity index (χ2n) is 9.45. The van der Waals surface area contributed by atoms with E-state index in [4.69, 9.17) is 0 Å². The van der Waals surface area contributed by atoms with Gasteiger partial charge in [0.1, 0.15) is 5.70 Å². The molecule has 208 valence electrons. The van der Waals surface area contributed by atoms with Crippen molar-refractivity contribution in [3.63, 3.8) is 0 Å². The molecule has 0 spiro atoms. The van der Waals surface area contributed by atoms with Crippen molar-refractivity contribution in [1.82, 2.24) is 10.3 Å². The van der Waals surface area contributed by atoms with Crippen molar-refractivity contribution < 1.29 is 14.4 Å². The zero-order valence-corrected chi connectivity index (χ0v) is 23.6. The molecule has 0 saturated carbocycles. The second-order valence-corrected chi connectivity index (χ2v) is 10.9. The Morgan fingerprint density at radius 2 is 1.48 bits per heavy atom. The quantitative estimate of drug-likeness (QED) is 0.134. The number of aromatic nitrogens is 1. The molecule has 0 bridgehead atoms. The van der Waals surface area contributed by atoms with E-state index in [1.54, 1.807) is 67.0 Å². The fourth-order valence-electron chi connectivity index (χ4n) is 4.15. The summed E-state index contributed by atoms with van der Waals surface area (Å²) >= 11 is 1.42. The average molecular weight is 573 g/mol. The SMILES string of the molecule is CC(Sc1ccc(NC(=O)/C(=C/c2cccnc2)NC(=O)c2ccccc2)cc1)C(=O)Nc1ccc2ccccc2c1. The van der Waals surface area contributed by atoms with E-state index in [0.29, 0.717) is 16.8 Å². The van der Waals surface area contributed by atoms with Crippen LogP contribution in [-0.2, 0) is 9.59 Å². The number of anilines is 2. The normalized spacial score (nSPS) is 11.9. The van der Waals surface area contributed by atoms with Gasteiger partial charge in [-0.3, -0.25) is 19.4 Å². The van der Waals surface area contributed by atoms with Gasteiger partial charge in [-0.25, -0.2) is 0 Å². The number of hydrogen-bond acceptors (Lipinski definition) is 5. The van der Waals surface area contributed by atoms with Gasteiger partial charge in [0.15, 0.2) is 0 Å². The lowest BCUT2D eigenvalue weighted by Gasteiger charge is -2.14. The molecule has 0 radical (unpaired) electrons. The minimum atomic E-state index is -0.480. The number of carbonyl (C=O) groups is 3. The summed E-state index contributed by atoms with van der Waals surface area (Å²) in [7, 11) is 0. The summed E-state index contributed by atoms with van der Waals surface area (Å²) in [5.41, 5.74) is 2.47. The van der Waals surface area contributed by atoms with Crippen molar-refractivity contribution in [2.24, 2.45) is 0 Å². The maximum Gasteiger partial charge on any atom is 0.272 e. The summed E-state index contributed by atoms with van der Waals surface area (Å²) in [6.07, 6.45) is 4.81. The highest BCUT2D eigenvalue weighted by molar-refractivity contribution is 8.00. The van der Waals surface area contributed by atoms with Gasteiger partial charge in [0, 0.05) is 34.2 Å². The molecular formula is C34H28N4O3S. The third kappa shape index (κ3) is 7.50. The van der Waals surface area contributed by atoms with Crippen LogP contribution in [0.3, 0.4) is 0 Å². The van der Waals surface area contributed by atoms with Crippen LogP contribution in [0.5, 0.6) is 0 Å². The van der Waals surface area contributed by atoms with Gasteiger partial charge in [0.2, 0.25) is 5.91 Å². The van der Waals surface area contributed by atoms with Crippen LogP contribution in [0.1, 0.15) is 22.8 Å². The lowest BCUT2D eigenvalue weighted by molar-refractivity contribution is -0.115. The molecular weight excluding hydrogens is 544 g/mol. The number of nitrogens with one attached hydrogen (secondary N) is 3. The van der Waals surface area contributed by atoms with E-state index < -0.39 is 11.8 Å². The highest BCUT2D eigenvalue weighted by Crippen LogP contribution is 2.26. The smallest absolute Gasteiger partial charge is 0.272 e. The van der Waals surface area contributed by atoms with Crippen LogP contribution in [0.2, 0.25) is 0 Å². The predicted molar refractivity (Wildman–Crippen MR) is 169 cm³/mol. The molecule has 7 nitrogen and oxygen atoms in total. The summed E-state index contributed by atoms with van der Waals surface area (Å²) in [6, 6.07) is 33.3. The summed E-state index contributed by atoms with van der Waals surface area (Å²) in [4.78, 5) is 43.8. The molecule has 4 aromatic carbocycles. The van der Waals surface area contributed by atoms with E-state index in [1.165, 1.54) is 11.8 Å². The van der Waals surface area contributed by atoms with E-state index in [2.05, 4.69) is 20.9 Å². The van der Waals surface area contributed by atoms with Crippen LogP contribution < -0.4 is 16.0 Å². The standard InChI is InChI=1S/C34H28N4O3S/c1-23(32(39)37-29-14-13-25-9-5-6-12-27(25)21-29)42-30-17-15-28(16-18-30)36-34(41)31(20-24-8-7-19-35-22-24)38-33(40)26-10-3-2-4-11-26/h2-23H,1H3,(H,36,41)(H,37,39)(H,38,40)/b31-20-.